The molecule has 38 heavy (non-hydrogen) atoms. The van der Waals surface area contributed by atoms with E-state index in [9.17, 15) is 14.4 Å². The van der Waals surface area contributed by atoms with Crippen LogP contribution in [0.15, 0.2) is 108 Å². The number of benzene rings is 4. The number of ketones is 3. The molecule has 6 heteroatoms. The largest absolute Gasteiger partial charge is 0.497 e. The predicted molar refractivity (Wildman–Crippen MR) is 146 cm³/mol. The fraction of sp³-hybridized carbons (Fsp3) is 0.156. The van der Waals surface area contributed by atoms with Gasteiger partial charge in [0.1, 0.15) is 22.6 Å². The van der Waals surface area contributed by atoms with E-state index in [1.54, 1.807) is 43.5 Å². The molecule has 3 unspecified atom stereocenters. The Morgan fingerprint density at radius 1 is 0.789 bits per heavy atom. The summed E-state index contributed by atoms with van der Waals surface area (Å²) in [5.41, 5.74) is 1.60. The highest BCUT2D eigenvalue weighted by molar-refractivity contribution is 8.00. The van der Waals surface area contributed by atoms with Crippen LogP contribution in [0.3, 0.4) is 0 Å². The first kappa shape index (κ1) is 23.0. The quantitative estimate of drug-likeness (QED) is 0.243. The molecule has 3 atom stereocenters. The van der Waals surface area contributed by atoms with E-state index in [0.717, 1.165) is 16.1 Å². The maximum atomic E-state index is 14.5. The molecule has 0 amide bonds. The van der Waals surface area contributed by atoms with Crippen LogP contribution < -0.4 is 9.64 Å². The standard InChI is InChI=1S/C32H23NO4S/c1-37-21-17-15-19(16-18-21)26-27(28(34)20-9-3-2-4-10-20)33-24-13-7-8-14-25(24)38-31(33)32(26)29(35)22-11-5-6-12-23(22)30(32)36/h2-18,26-27,31H,1H3. The maximum absolute atomic E-state index is 14.5. The first-order valence-electron chi connectivity index (χ1n) is 12.5. The summed E-state index contributed by atoms with van der Waals surface area (Å²) in [7, 11) is 1.60. The minimum absolute atomic E-state index is 0.109. The van der Waals surface area contributed by atoms with E-state index in [0.29, 0.717) is 22.4 Å². The van der Waals surface area contributed by atoms with Gasteiger partial charge in [-0.25, -0.2) is 0 Å². The van der Waals surface area contributed by atoms with Crippen molar-refractivity contribution in [2.45, 2.75) is 22.2 Å². The lowest BCUT2D eigenvalue weighted by Gasteiger charge is -2.32. The molecule has 0 aromatic heterocycles. The summed E-state index contributed by atoms with van der Waals surface area (Å²) in [6.07, 6.45) is 0. The smallest absolute Gasteiger partial charge is 0.185 e. The molecule has 1 fully saturated rings. The van der Waals surface area contributed by atoms with Crippen molar-refractivity contribution in [3.8, 4) is 5.75 Å². The van der Waals surface area contributed by atoms with E-state index < -0.39 is 22.7 Å². The van der Waals surface area contributed by atoms with E-state index in [1.165, 1.54) is 11.8 Å². The topological polar surface area (TPSA) is 63.7 Å². The number of thioether (sulfide) groups is 1. The van der Waals surface area contributed by atoms with E-state index >= 15 is 0 Å². The summed E-state index contributed by atoms with van der Waals surface area (Å²) in [6, 6.07) is 30.7. The van der Waals surface area contributed by atoms with Crippen LogP contribution in [0.2, 0.25) is 0 Å². The summed E-state index contributed by atoms with van der Waals surface area (Å²) < 4.78 is 5.39. The van der Waals surface area contributed by atoms with Gasteiger partial charge in [0, 0.05) is 27.5 Å². The maximum Gasteiger partial charge on any atom is 0.185 e. The fourth-order valence-corrected chi connectivity index (χ4v) is 8.08. The molecule has 2 aliphatic heterocycles. The van der Waals surface area contributed by atoms with Crippen LogP contribution >= 0.6 is 11.8 Å². The fourth-order valence-electron chi connectivity index (χ4n) is 6.49. The SMILES string of the molecule is COc1ccc(C2C(C(=O)c3ccccc3)N3c4ccccc4SC3C23C(=O)c2ccccc2C3=O)cc1. The molecular weight excluding hydrogens is 494 g/mol. The molecule has 0 radical (unpaired) electrons. The van der Waals surface area contributed by atoms with Gasteiger partial charge in [0.05, 0.1) is 12.8 Å². The second-order valence-corrected chi connectivity index (χ2v) is 11.0. The zero-order valence-corrected chi connectivity index (χ0v) is 21.4. The Balaban J connectivity index is 1.52. The molecule has 0 N–H and O–H groups in total. The zero-order chi connectivity index (χ0) is 26.0. The number of anilines is 1. The van der Waals surface area contributed by atoms with Crippen LogP contribution in [0, 0.1) is 5.41 Å². The van der Waals surface area contributed by atoms with Crippen LogP contribution in [0.1, 0.15) is 42.6 Å². The number of Topliss-reactive ketones (excluding diaryl/α,β-unsaturated/α-hetero) is 3. The van der Waals surface area contributed by atoms with Crippen LogP contribution in [0.5, 0.6) is 5.75 Å². The average Bonchev–Trinajstić information content (AvgIpc) is 3.56. The van der Waals surface area contributed by atoms with Crippen LogP contribution in [-0.4, -0.2) is 35.9 Å². The number of ether oxygens (including phenoxy) is 1. The minimum Gasteiger partial charge on any atom is -0.497 e. The van der Waals surface area contributed by atoms with Gasteiger partial charge in [0.2, 0.25) is 0 Å². The van der Waals surface area contributed by atoms with E-state index in [-0.39, 0.29) is 17.3 Å². The Hall–Kier alpha value is -4.16. The molecule has 1 aliphatic carbocycles. The number of hydrogen-bond donors (Lipinski definition) is 0. The Kier molecular flexibility index (Phi) is 5.10. The van der Waals surface area contributed by atoms with Gasteiger partial charge in [-0.1, -0.05) is 90.6 Å². The second-order valence-electron chi connectivity index (χ2n) is 9.84. The van der Waals surface area contributed by atoms with Crippen molar-refractivity contribution in [3.63, 3.8) is 0 Å². The predicted octanol–water partition coefficient (Wildman–Crippen LogP) is 6.05. The molecule has 2 heterocycles. The van der Waals surface area contributed by atoms with Crippen LogP contribution in [0.4, 0.5) is 5.69 Å². The van der Waals surface area contributed by atoms with Crippen LogP contribution in [0.25, 0.3) is 0 Å². The summed E-state index contributed by atoms with van der Waals surface area (Å²) in [5, 5.41) is -0.558. The number of hydrogen-bond acceptors (Lipinski definition) is 6. The lowest BCUT2D eigenvalue weighted by atomic mass is 9.67. The van der Waals surface area contributed by atoms with Crippen molar-refractivity contribution in [1.82, 2.24) is 0 Å². The van der Waals surface area contributed by atoms with Crippen molar-refractivity contribution < 1.29 is 19.1 Å². The number of carbonyl (C=O) groups excluding carboxylic acids is 3. The molecule has 0 bridgehead atoms. The Labute approximate surface area is 224 Å². The summed E-state index contributed by atoms with van der Waals surface area (Å²) >= 11 is 1.51. The lowest BCUT2D eigenvalue weighted by molar-refractivity contribution is 0.0680. The monoisotopic (exact) mass is 517 g/mol. The van der Waals surface area contributed by atoms with E-state index in [4.69, 9.17) is 4.74 Å². The van der Waals surface area contributed by atoms with Gasteiger partial charge in [-0.2, -0.15) is 0 Å². The number of rotatable bonds is 4. The third-order valence-electron chi connectivity index (χ3n) is 8.10. The van der Waals surface area contributed by atoms with Crippen molar-refractivity contribution in [2.24, 2.45) is 5.41 Å². The molecular formula is C32H23NO4S. The van der Waals surface area contributed by atoms with Crippen molar-refractivity contribution >= 4 is 34.8 Å². The first-order valence-corrected chi connectivity index (χ1v) is 13.4. The normalized spacial score (nSPS) is 22.3. The molecule has 4 aromatic carbocycles. The molecule has 0 saturated carbocycles. The van der Waals surface area contributed by atoms with E-state index in [2.05, 4.69) is 0 Å². The second kappa shape index (κ2) is 8.43. The highest BCUT2D eigenvalue weighted by atomic mass is 32.2. The van der Waals surface area contributed by atoms with Gasteiger partial charge < -0.3 is 9.64 Å². The minimum atomic E-state index is -1.46. The first-order chi connectivity index (χ1) is 18.6. The van der Waals surface area contributed by atoms with Gasteiger partial charge in [-0.3, -0.25) is 14.4 Å². The lowest BCUT2D eigenvalue weighted by Crippen LogP contribution is -2.45. The van der Waals surface area contributed by atoms with Crippen LogP contribution in [-0.2, 0) is 0 Å². The Bertz CT molecular complexity index is 1580. The number of fused-ring (bicyclic) bond motifs is 5. The molecule has 1 spiro atoms. The zero-order valence-electron chi connectivity index (χ0n) is 20.5. The number of methoxy groups -OCH3 is 1. The Morgan fingerprint density at radius 2 is 1.39 bits per heavy atom. The average molecular weight is 518 g/mol. The van der Waals surface area contributed by atoms with Gasteiger partial charge >= 0.3 is 0 Å². The number of nitrogens with zero attached hydrogens (tertiary/aromatic N) is 1. The van der Waals surface area contributed by atoms with Crippen molar-refractivity contribution in [2.75, 3.05) is 12.0 Å². The number of para-hydroxylation sites is 1. The highest BCUT2D eigenvalue weighted by Gasteiger charge is 2.73. The molecule has 1 saturated heterocycles. The molecule has 186 valence electrons. The molecule has 3 aliphatic rings. The van der Waals surface area contributed by atoms with Gasteiger partial charge in [0.25, 0.3) is 0 Å². The van der Waals surface area contributed by atoms with E-state index in [1.807, 2.05) is 71.6 Å². The molecule has 7 rings (SSSR count). The van der Waals surface area contributed by atoms with Gasteiger partial charge in [-0.05, 0) is 29.8 Å². The molecule has 5 nitrogen and oxygen atoms in total. The third-order valence-corrected chi connectivity index (χ3v) is 9.52. The van der Waals surface area contributed by atoms with Gasteiger partial charge in [-0.15, -0.1) is 0 Å². The van der Waals surface area contributed by atoms with Crippen molar-refractivity contribution in [3.05, 3.63) is 125 Å². The highest BCUT2D eigenvalue weighted by Crippen LogP contribution is 2.66. The summed E-state index contributed by atoms with van der Waals surface area (Å²) in [5.74, 6) is -0.559. The third kappa shape index (κ3) is 2.92. The Morgan fingerprint density at radius 3 is 2.05 bits per heavy atom. The number of carbonyl (C=O) groups is 3. The van der Waals surface area contributed by atoms with Gasteiger partial charge in [0.15, 0.2) is 17.3 Å². The molecule has 4 aromatic rings. The summed E-state index contributed by atoms with van der Waals surface area (Å²) in [4.78, 5) is 46.5. The summed E-state index contributed by atoms with van der Waals surface area (Å²) in [6.45, 7) is 0. The van der Waals surface area contributed by atoms with Crippen molar-refractivity contribution in [1.29, 1.82) is 0 Å².